The van der Waals surface area contributed by atoms with Gasteiger partial charge in [0, 0.05) is 24.9 Å². The number of carbonyl (C=O) groups is 3. The van der Waals surface area contributed by atoms with Crippen molar-refractivity contribution in [3.05, 3.63) is 35.9 Å². The molecule has 1 aliphatic heterocycles. The van der Waals surface area contributed by atoms with Crippen molar-refractivity contribution in [3.8, 4) is 0 Å². The molecule has 4 unspecified atom stereocenters. The maximum atomic E-state index is 12.4. The Morgan fingerprint density at radius 2 is 1.64 bits per heavy atom. The average Bonchev–Trinajstić information content (AvgIpc) is 3.36. The van der Waals surface area contributed by atoms with E-state index < -0.39 is 0 Å². The van der Waals surface area contributed by atoms with Crippen molar-refractivity contribution >= 4 is 17.7 Å². The minimum absolute atomic E-state index is 0.0592. The summed E-state index contributed by atoms with van der Waals surface area (Å²) in [7, 11) is 0. The Hall–Kier alpha value is -2.17. The van der Waals surface area contributed by atoms with Crippen LogP contribution >= 0.6 is 0 Å². The van der Waals surface area contributed by atoms with Crippen molar-refractivity contribution in [1.82, 2.24) is 10.2 Å². The lowest BCUT2D eigenvalue weighted by atomic mass is 9.81. The summed E-state index contributed by atoms with van der Waals surface area (Å²) in [5.74, 6) is -0.0560. The number of likely N-dealkylation sites (tertiary alicyclic amines) is 1. The van der Waals surface area contributed by atoms with E-state index in [0.29, 0.717) is 5.92 Å². The molecule has 1 saturated heterocycles. The third kappa shape index (κ3) is 3.20. The number of rotatable bonds is 5. The monoisotopic (exact) mass is 340 g/mol. The Bertz CT molecular complexity index is 663. The highest BCUT2D eigenvalue weighted by Gasteiger charge is 2.48. The lowest BCUT2D eigenvalue weighted by Gasteiger charge is -2.19. The van der Waals surface area contributed by atoms with Crippen molar-refractivity contribution in [2.24, 2.45) is 11.8 Å². The van der Waals surface area contributed by atoms with E-state index in [-0.39, 0.29) is 48.6 Å². The zero-order valence-corrected chi connectivity index (χ0v) is 14.3. The van der Waals surface area contributed by atoms with E-state index in [2.05, 4.69) is 17.4 Å². The second kappa shape index (κ2) is 6.62. The minimum atomic E-state index is -0.129. The Morgan fingerprint density at radius 3 is 2.28 bits per heavy atom. The number of benzene rings is 1. The number of nitrogens with one attached hydrogen (secondary N) is 1. The standard InChI is InChI=1S/C20H24N2O3/c23-18(21-17-12-16(17)13-6-2-1-3-7-13)10-11-22-19(24)14-8-4-5-9-15(14)20(22)25/h1-3,6-7,14-17H,4-5,8-12H2,(H,21,23). The van der Waals surface area contributed by atoms with Crippen LogP contribution in [0.2, 0.25) is 0 Å². The van der Waals surface area contributed by atoms with Gasteiger partial charge in [-0.3, -0.25) is 19.3 Å². The first kappa shape index (κ1) is 16.3. The van der Waals surface area contributed by atoms with E-state index in [9.17, 15) is 14.4 Å². The van der Waals surface area contributed by atoms with Crippen molar-refractivity contribution in [2.75, 3.05) is 6.54 Å². The summed E-state index contributed by atoms with van der Waals surface area (Å²) in [5, 5.41) is 3.03. The molecule has 5 heteroatoms. The lowest BCUT2D eigenvalue weighted by molar-refractivity contribution is -0.140. The van der Waals surface area contributed by atoms with Gasteiger partial charge < -0.3 is 5.32 Å². The third-order valence-electron chi connectivity index (χ3n) is 5.86. The average molecular weight is 340 g/mol. The van der Waals surface area contributed by atoms with E-state index >= 15 is 0 Å². The van der Waals surface area contributed by atoms with E-state index in [1.165, 1.54) is 10.5 Å². The van der Waals surface area contributed by atoms with Gasteiger partial charge in [-0.05, 0) is 24.8 Å². The molecule has 2 saturated carbocycles. The molecule has 2 aliphatic carbocycles. The molecule has 0 radical (unpaired) electrons. The Morgan fingerprint density at radius 1 is 1.00 bits per heavy atom. The van der Waals surface area contributed by atoms with Crippen LogP contribution in [0, 0.1) is 11.8 Å². The highest BCUT2D eigenvalue weighted by atomic mass is 16.2. The van der Waals surface area contributed by atoms with Crippen molar-refractivity contribution in [2.45, 2.75) is 50.5 Å². The maximum Gasteiger partial charge on any atom is 0.233 e. The van der Waals surface area contributed by atoms with Gasteiger partial charge in [0.25, 0.3) is 0 Å². The second-order valence-electron chi connectivity index (χ2n) is 7.50. The normalized spacial score (nSPS) is 31.0. The van der Waals surface area contributed by atoms with Crippen LogP contribution in [0.15, 0.2) is 30.3 Å². The van der Waals surface area contributed by atoms with Gasteiger partial charge in [0.15, 0.2) is 0 Å². The van der Waals surface area contributed by atoms with Crippen LogP contribution in [0.4, 0.5) is 0 Å². The molecule has 25 heavy (non-hydrogen) atoms. The number of hydrogen-bond acceptors (Lipinski definition) is 3. The van der Waals surface area contributed by atoms with Crippen LogP contribution in [0.1, 0.15) is 50.0 Å². The summed E-state index contributed by atoms with van der Waals surface area (Å²) in [6, 6.07) is 10.4. The molecular weight excluding hydrogens is 316 g/mol. The Labute approximate surface area is 147 Å². The zero-order valence-electron chi connectivity index (χ0n) is 14.3. The van der Waals surface area contributed by atoms with E-state index in [4.69, 9.17) is 0 Å². The van der Waals surface area contributed by atoms with Gasteiger partial charge in [-0.1, -0.05) is 43.2 Å². The van der Waals surface area contributed by atoms with Crippen LogP contribution in [-0.4, -0.2) is 35.2 Å². The van der Waals surface area contributed by atoms with Gasteiger partial charge in [0.1, 0.15) is 0 Å². The van der Waals surface area contributed by atoms with E-state index in [1.807, 2.05) is 18.2 Å². The van der Waals surface area contributed by atoms with Crippen molar-refractivity contribution in [3.63, 3.8) is 0 Å². The first-order valence-electron chi connectivity index (χ1n) is 9.34. The molecule has 1 N–H and O–H groups in total. The number of carbonyl (C=O) groups excluding carboxylic acids is 3. The predicted molar refractivity (Wildman–Crippen MR) is 92.5 cm³/mol. The fourth-order valence-electron chi connectivity index (χ4n) is 4.37. The highest BCUT2D eigenvalue weighted by Crippen LogP contribution is 2.41. The number of imide groups is 1. The SMILES string of the molecule is O=C(CCN1C(=O)C2CCCCC2C1=O)NC1CC1c1ccccc1. The molecule has 1 aromatic carbocycles. The van der Waals surface area contributed by atoms with Gasteiger partial charge >= 0.3 is 0 Å². The largest absolute Gasteiger partial charge is 0.353 e. The Kier molecular flexibility index (Phi) is 4.32. The van der Waals surface area contributed by atoms with Crippen LogP contribution in [0.25, 0.3) is 0 Å². The number of nitrogens with zero attached hydrogens (tertiary/aromatic N) is 1. The first-order chi connectivity index (χ1) is 12.1. The van der Waals surface area contributed by atoms with Gasteiger partial charge in [0.05, 0.1) is 11.8 Å². The summed E-state index contributed by atoms with van der Waals surface area (Å²) >= 11 is 0. The molecule has 4 rings (SSSR count). The van der Waals surface area contributed by atoms with Gasteiger partial charge in [0.2, 0.25) is 17.7 Å². The molecule has 1 heterocycles. The summed E-state index contributed by atoms with van der Waals surface area (Å²) in [6.07, 6.45) is 4.85. The smallest absolute Gasteiger partial charge is 0.233 e. The second-order valence-corrected chi connectivity index (χ2v) is 7.50. The molecule has 3 fully saturated rings. The van der Waals surface area contributed by atoms with E-state index in [0.717, 1.165) is 32.1 Å². The number of amides is 3. The Balaban J connectivity index is 1.27. The highest BCUT2D eigenvalue weighted by molar-refractivity contribution is 6.05. The molecule has 0 aromatic heterocycles. The zero-order chi connectivity index (χ0) is 17.4. The molecule has 3 aliphatic rings. The summed E-state index contributed by atoms with van der Waals surface area (Å²) in [6.45, 7) is 0.221. The fraction of sp³-hybridized carbons (Fsp3) is 0.550. The van der Waals surface area contributed by atoms with Gasteiger partial charge in [-0.15, -0.1) is 0 Å². The molecular formula is C20H24N2O3. The molecule has 5 nitrogen and oxygen atoms in total. The number of hydrogen-bond donors (Lipinski definition) is 1. The molecule has 4 atom stereocenters. The van der Waals surface area contributed by atoms with E-state index in [1.54, 1.807) is 0 Å². The van der Waals surface area contributed by atoms with Crippen LogP contribution in [-0.2, 0) is 14.4 Å². The molecule has 0 bridgehead atoms. The topological polar surface area (TPSA) is 66.5 Å². The predicted octanol–water partition coefficient (Wildman–Crippen LogP) is 2.22. The fourth-order valence-corrected chi connectivity index (χ4v) is 4.37. The minimum Gasteiger partial charge on any atom is -0.353 e. The quantitative estimate of drug-likeness (QED) is 0.836. The summed E-state index contributed by atoms with van der Waals surface area (Å²) < 4.78 is 0. The van der Waals surface area contributed by atoms with Gasteiger partial charge in [-0.25, -0.2) is 0 Å². The molecule has 3 amide bonds. The molecule has 1 aromatic rings. The van der Waals surface area contributed by atoms with Gasteiger partial charge in [-0.2, -0.15) is 0 Å². The lowest BCUT2D eigenvalue weighted by Crippen LogP contribution is -2.36. The third-order valence-corrected chi connectivity index (χ3v) is 5.86. The van der Waals surface area contributed by atoms with Crippen molar-refractivity contribution in [1.29, 1.82) is 0 Å². The van der Waals surface area contributed by atoms with Crippen LogP contribution < -0.4 is 5.32 Å². The first-order valence-corrected chi connectivity index (χ1v) is 9.34. The summed E-state index contributed by atoms with van der Waals surface area (Å²) in [4.78, 5) is 38.3. The van der Waals surface area contributed by atoms with Crippen molar-refractivity contribution < 1.29 is 14.4 Å². The maximum absolute atomic E-state index is 12.4. The molecule has 0 spiro atoms. The molecule has 132 valence electrons. The summed E-state index contributed by atoms with van der Waals surface area (Å²) in [5.41, 5.74) is 1.25. The van der Waals surface area contributed by atoms with Crippen LogP contribution in [0.3, 0.4) is 0 Å². The number of fused-ring (bicyclic) bond motifs is 1. The van der Waals surface area contributed by atoms with Crippen LogP contribution in [0.5, 0.6) is 0 Å².